The summed E-state index contributed by atoms with van der Waals surface area (Å²) < 4.78 is 0. The first-order valence-electron chi connectivity index (χ1n) is 6.23. The van der Waals surface area contributed by atoms with Crippen molar-refractivity contribution in [1.82, 2.24) is 5.32 Å². The number of carbonyl (C=O) groups excluding carboxylic acids is 1. The molecule has 0 aliphatic rings. The van der Waals surface area contributed by atoms with Crippen LogP contribution >= 0.6 is 11.6 Å². The van der Waals surface area contributed by atoms with Gasteiger partial charge in [-0.1, -0.05) is 45.4 Å². The molecule has 0 aliphatic heterocycles. The van der Waals surface area contributed by atoms with E-state index >= 15 is 0 Å². The molecular weight excluding hydrogens is 248 g/mol. The van der Waals surface area contributed by atoms with E-state index in [1.54, 1.807) is 18.2 Å². The van der Waals surface area contributed by atoms with E-state index in [0.717, 1.165) is 0 Å². The summed E-state index contributed by atoms with van der Waals surface area (Å²) in [6.07, 6.45) is 0. The van der Waals surface area contributed by atoms with Crippen LogP contribution in [0.25, 0.3) is 0 Å². The van der Waals surface area contributed by atoms with Gasteiger partial charge in [0.05, 0.1) is 0 Å². The highest BCUT2D eigenvalue weighted by Gasteiger charge is 2.19. The van der Waals surface area contributed by atoms with Crippen LogP contribution in [-0.4, -0.2) is 12.1 Å². The number of hydrogen-bond acceptors (Lipinski definition) is 1. The molecule has 0 fully saturated rings. The Hall–Kier alpha value is -1.22. The van der Waals surface area contributed by atoms with E-state index in [4.69, 9.17) is 11.6 Å². The zero-order valence-corrected chi connectivity index (χ0v) is 12.1. The number of rotatable bonds is 4. The van der Waals surface area contributed by atoms with E-state index in [0.29, 0.717) is 22.5 Å². The van der Waals surface area contributed by atoms with Crippen molar-refractivity contribution in [3.05, 3.63) is 29.3 Å². The number of urea groups is 1. The molecule has 0 saturated carbocycles. The van der Waals surface area contributed by atoms with Gasteiger partial charge < -0.3 is 10.6 Å². The summed E-state index contributed by atoms with van der Waals surface area (Å²) in [5.74, 6) is 0.797. The second kappa shape index (κ2) is 6.64. The van der Waals surface area contributed by atoms with E-state index in [1.807, 2.05) is 6.07 Å². The predicted octanol–water partition coefficient (Wildman–Crippen LogP) is 4.14. The van der Waals surface area contributed by atoms with Gasteiger partial charge in [-0.25, -0.2) is 4.79 Å². The minimum atomic E-state index is -0.190. The Morgan fingerprint density at radius 1 is 1.17 bits per heavy atom. The van der Waals surface area contributed by atoms with Crippen molar-refractivity contribution in [3.63, 3.8) is 0 Å². The highest BCUT2D eigenvalue weighted by atomic mass is 35.5. The largest absolute Gasteiger partial charge is 0.335 e. The Kier molecular flexibility index (Phi) is 5.48. The average Bonchev–Trinajstić information content (AvgIpc) is 2.25. The molecule has 0 heterocycles. The molecule has 100 valence electrons. The summed E-state index contributed by atoms with van der Waals surface area (Å²) in [6.45, 7) is 8.41. The van der Waals surface area contributed by atoms with Crippen molar-refractivity contribution < 1.29 is 4.79 Å². The van der Waals surface area contributed by atoms with Crippen LogP contribution in [0, 0.1) is 11.8 Å². The van der Waals surface area contributed by atoms with E-state index in [1.165, 1.54) is 0 Å². The number of nitrogens with one attached hydrogen (secondary N) is 2. The molecule has 0 aliphatic carbocycles. The van der Waals surface area contributed by atoms with Crippen LogP contribution in [-0.2, 0) is 0 Å². The third-order valence-corrected chi connectivity index (χ3v) is 3.05. The average molecular weight is 269 g/mol. The Morgan fingerprint density at radius 2 is 1.78 bits per heavy atom. The molecular formula is C14H21ClN2O. The van der Waals surface area contributed by atoms with Gasteiger partial charge in [0.1, 0.15) is 0 Å². The van der Waals surface area contributed by atoms with Crippen LogP contribution < -0.4 is 10.6 Å². The predicted molar refractivity (Wildman–Crippen MR) is 77.1 cm³/mol. The SMILES string of the molecule is CC(C)C(NC(=O)Nc1cccc(Cl)c1)C(C)C. The number of amides is 2. The van der Waals surface area contributed by atoms with E-state index < -0.39 is 0 Å². The highest BCUT2D eigenvalue weighted by molar-refractivity contribution is 6.30. The lowest BCUT2D eigenvalue weighted by molar-refractivity contribution is 0.236. The molecule has 0 spiro atoms. The molecule has 2 amide bonds. The molecule has 1 rings (SSSR count). The van der Waals surface area contributed by atoms with Crippen molar-refractivity contribution in [2.24, 2.45) is 11.8 Å². The Balaban J connectivity index is 2.61. The Labute approximate surface area is 114 Å². The minimum Gasteiger partial charge on any atom is -0.335 e. The molecule has 0 bridgehead atoms. The van der Waals surface area contributed by atoms with Crippen LogP contribution in [0.3, 0.4) is 0 Å². The maximum Gasteiger partial charge on any atom is 0.319 e. The Morgan fingerprint density at radius 3 is 2.28 bits per heavy atom. The summed E-state index contributed by atoms with van der Waals surface area (Å²) in [4.78, 5) is 11.9. The Bertz CT molecular complexity index is 397. The third kappa shape index (κ3) is 4.57. The van der Waals surface area contributed by atoms with Crippen LogP contribution in [0.1, 0.15) is 27.7 Å². The number of benzene rings is 1. The fourth-order valence-electron chi connectivity index (χ4n) is 1.99. The summed E-state index contributed by atoms with van der Waals surface area (Å²) in [7, 11) is 0. The first-order valence-corrected chi connectivity index (χ1v) is 6.61. The van der Waals surface area contributed by atoms with E-state index in [2.05, 4.69) is 38.3 Å². The fraction of sp³-hybridized carbons (Fsp3) is 0.500. The zero-order valence-electron chi connectivity index (χ0n) is 11.3. The van der Waals surface area contributed by atoms with Crippen molar-refractivity contribution in [2.75, 3.05) is 5.32 Å². The molecule has 0 radical (unpaired) electrons. The second-order valence-corrected chi connectivity index (χ2v) is 5.56. The quantitative estimate of drug-likeness (QED) is 0.847. The molecule has 0 atom stereocenters. The number of hydrogen-bond donors (Lipinski definition) is 2. The summed E-state index contributed by atoms with van der Waals surface area (Å²) >= 11 is 5.86. The molecule has 18 heavy (non-hydrogen) atoms. The van der Waals surface area contributed by atoms with Crippen molar-refractivity contribution in [3.8, 4) is 0 Å². The summed E-state index contributed by atoms with van der Waals surface area (Å²) in [5.41, 5.74) is 0.700. The van der Waals surface area contributed by atoms with Crippen LogP contribution in [0.2, 0.25) is 5.02 Å². The second-order valence-electron chi connectivity index (χ2n) is 5.12. The summed E-state index contributed by atoms with van der Waals surface area (Å²) in [6, 6.07) is 7.08. The van der Waals surface area contributed by atoms with E-state index in [-0.39, 0.29) is 12.1 Å². The van der Waals surface area contributed by atoms with Crippen molar-refractivity contribution in [2.45, 2.75) is 33.7 Å². The normalized spacial score (nSPS) is 11.1. The molecule has 0 saturated heterocycles. The lowest BCUT2D eigenvalue weighted by Gasteiger charge is -2.26. The van der Waals surface area contributed by atoms with Gasteiger partial charge in [0.15, 0.2) is 0 Å². The number of carbonyl (C=O) groups is 1. The van der Waals surface area contributed by atoms with Crippen LogP contribution in [0.4, 0.5) is 10.5 Å². The van der Waals surface area contributed by atoms with Gasteiger partial charge in [-0.05, 0) is 30.0 Å². The lowest BCUT2D eigenvalue weighted by Crippen LogP contribution is -2.44. The maximum absolute atomic E-state index is 11.9. The fourth-order valence-corrected chi connectivity index (χ4v) is 2.18. The molecule has 1 aromatic carbocycles. The molecule has 4 heteroatoms. The zero-order chi connectivity index (χ0) is 13.7. The third-order valence-electron chi connectivity index (χ3n) is 2.82. The first-order chi connectivity index (χ1) is 8.40. The number of anilines is 1. The van der Waals surface area contributed by atoms with Crippen molar-refractivity contribution in [1.29, 1.82) is 0 Å². The molecule has 0 aromatic heterocycles. The first kappa shape index (κ1) is 14.8. The van der Waals surface area contributed by atoms with Crippen LogP contribution in [0.5, 0.6) is 0 Å². The molecule has 2 N–H and O–H groups in total. The van der Waals surface area contributed by atoms with Gasteiger partial charge in [0.2, 0.25) is 0 Å². The van der Waals surface area contributed by atoms with Gasteiger partial charge in [-0.3, -0.25) is 0 Å². The molecule has 0 unspecified atom stereocenters. The molecule has 3 nitrogen and oxygen atoms in total. The highest BCUT2D eigenvalue weighted by Crippen LogP contribution is 2.16. The van der Waals surface area contributed by atoms with Gasteiger partial charge in [0, 0.05) is 16.8 Å². The van der Waals surface area contributed by atoms with Crippen LogP contribution in [0.15, 0.2) is 24.3 Å². The van der Waals surface area contributed by atoms with Crippen molar-refractivity contribution >= 4 is 23.3 Å². The minimum absolute atomic E-state index is 0.157. The standard InChI is InChI=1S/C14H21ClN2O/c1-9(2)13(10(3)4)17-14(18)16-12-7-5-6-11(15)8-12/h5-10,13H,1-4H3,(H2,16,17,18). The monoisotopic (exact) mass is 268 g/mol. The number of halogens is 1. The molecule has 1 aromatic rings. The smallest absolute Gasteiger partial charge is 0.319 e. The van der Waals surface area contributed by atoms with Gasteiger partial charge in [-0.2, -0.15) is 0 Å². The van der Waals surface area contributed by atoms with E-state index in [9.17, 15) is 4.79 Å². The van der Waals surface area contributed by atoms with Gasteiger partial charge >= 0.3 is 6.03 Å². The maximum atomic E-state index is 11.9. The lowest BCUT2D eigenvalue weighted by atomic mass is 9.93. The van der Waals surface area contributed by atoms with Gasteiger partial charge in [0.25, 0.3) is 0 Å². The summed E-state index contributed by atoms with van der Waals surface area (Å²) in [5, 5.41) is 6.39. The topological polar surface area (TPSA) is 41.1 Å². The van der Waals surface area contributed by atoms with Gasteiger partial charge in [-0.15, -0.1) is 0 Å².